The maximum absolute atomic E-state index is 11.7. The zero-order chi connectivity index (χ0) is 15.3. The van der Waals surface area contributed by atoms with Gasteiger partial charge >= 0.3 is 0 Å². The number of nitrogens with two attached hydrogens (primary N) is 1. The highest BCUT2D eigenvalue weighted by Gasteiger charge is 2.33. The van der Waals surface area contributed by atoms with Crippen LogP contribution in [0.4, 0.5) is 0 Å². The summed E-state index contributed by atoms with van der Waals surface area (Å²) in [4.78, 5) is 16.2. The summed E-state index contributed by atoms with van der Waals surface area (Å²) in [5.41, 5.74) is 4.81. The van der Waals surface area contributed by atoms with E-state index in [2.05, 4.69) is 22.3 Å². The Labute approximate surface area is 121 Å². The standard InChI is InChI=1S/C14H27N5O/c1-6-11-17-12(7-2)19(18-11)10(4)9-14(5,13(15)20)16-8-3/h10,16H,6-9H2,1-5H3,(H2,15,20). The molecule has 0 bridgehead atoms. The second-order valence-corrected chi connectivity index (χ2v) is 5.38. The molecule has 1 aromatic rings. The van der Waals surface area contributed by atoms with Crippen LogP contribution in [-0.2, 0) is 17.6 Å². The largest absolute Gasteiger partial charge is 0.368 e. The molecule has 3 N–H and O–H groups in total. The lowest BCUT2D eigenvalue weighted by molar-refractivity contribution is -0.124. The number of carbonyl (C=O) groups is 1. The molecule has 0 fully saturated rings. The zero-order valence-electron chi connectivity index (χ0n) is 13.2. The third kappa shape index (κ3) is 3.56. The van der Waals surface area contributed by atoms with Crippen molar-refractivity contribution in [3.63, 3.8) is 0 Å². The molecular formula is C14H27N5O. The molecule has 2 unspecified atom stereocenters. The molecule has 0 spiro atoms. The van der Waals surface area contributed by atoms with Gasteiger partial charge in [0.1, 0.15) is 5.82 Å². The number of nitrogens with zero attached hydrogens (tertiary/aromatic N) is 3. The van der Waals surface area contributed by atoms with Crippen LogP contribution in [-0.4, -0.2) is 32.8 Å². The van der Waals surface area contributed by atoms with Crippen LogP contribution in [0.3, 0.4) is 0 Å². The minimum atomic E-state index is -0.725. The second-order valence-electron chi connectivity index (χ2n) is 5.38. The van der Waals surface area contributed by atoms with E-state index in [-0.39, 0.29) is 11.9 Å². The Balaban J connectivity index is 2.96. The van der Waals surface area contributed by atoms with Crippen molar-refractivity contribution in [1.29, 1.82) is 0 Å². The number of hydrogen-bond donors (Lipinski definition) is 2. The Kier molecular flexibility index (Phi) is 5.68. The first-order valence-electron chi connectivity index (χ1n) is 7.37. The van der Waals surface area contributed by atoms with Gasteiger partial charge in [-0.05, 0) is 26.8 Å². The maximum Gasteiger partial charge on any atom is 0.237 e. The summed E-state index contributed by atoms with van der Waals surface area (Å²) in [6.45, 7) is 10.7. The number of nitrogens with one attached hydrogen (secondary N) is 1. The average molecular weight is 281 g/mol. The third-order valence-electron chi connectivity index (χ3n) is 3.61. The van der Waals surface area contributed by atoms with Gasteiger partial charge in [-0.15, -0.1) is 0 Å². The van der Waals surface area contributed by atoms with Crippen LogP contribution in [0.5, 0.6) is 0 Å². The molecule has 1 rings (SSSR count). The number of aryl methyl sites for hydroxylation is 2. The molecule has 6 nitrogen and oxygen atoms in total. The first-order valence-corrected chi connectivity index (χ1v) is 7.37. The van der Waals surface area contributed by atoms with Crippen LogP contribution in [0, 0.1) is 0 Å². The molecular weight excluding hydrogens is 254 g/mol. The minimum absolute atomic E-state index is 0.0642. The summed E-state index contributed by atoms with van der Waals surface area (Å²) in [5.74, 6) is 1.47. The van der Waals surface area contributed by atoms with Gasteiger partial charge in [0.2, 0.25) is 5.91 Å². The SMILES string of the molecule is CCNC(C)(CC(C)n1nc(CC)nc1CC)C(N)=O. The van der Waals surface area contributed by atoms with E-state index < -0.39 is 5.54 Å². The van der Waals surface area contributed by atoms with Gasteiger partial charge in [-0.3, -0.25) is 4.79 Å². The molecule has 0 aromatic carbocycles. The normalized spacial score (nSPS) is 15.8. The van der Waals surface area contributed by atoms with Crippen molar-refractivity contribution in [1.82, 2.24) is 20.1 Å². The monoisotopic (exact) mass is 281 g/mol. The molecule has 1 amide bonds. The van der Waals surface area contributed by atoms with E-state index >= 15 is 0 Å². The maximum atomic E-state index is 11.7. The predicted molar refractivity (Wildman–Crippen MR) is 79.4 cm³/mol. The molecule has 0 aliphatic rings. The van der Waals surface area contributed by atoms with Gasteiger partial charge in [-0.1, -0.05) is 20.8 Å². The van der Waals surface area contributed by atoms with E-state index in [0.29, 0.717) is 13.0 Å². The van der Waals surface area contributed by atoms with Crippen molar-refractivity contribution in [2.45, 2.75) is 65.5 Å². The first-order chi connectivity index (χ1) is 9.37. The molecule has 1 aromatic heterocycles. The fourth-order valence-electron chi connectivity index (χ4n) is 2.48. The molecule has 0 saturated heterocycles. The van der Waals surface area contributed by atoms with Crippen molar-refractivity contribution in [2.75, 3.05) is 6.54 Å². The van der Waals surface area contributed by atoms with Gasteiger partial charge in [0.15, 0.2) is 5.82 Å². The number of likely N-dealkylation sites (N-methyl/N-ethyl adjacent to an activating group) is 1. The van der Waals surface area contributed by atoms with Crippen LogP contribution in [0.1, 0.15) is 58.7 Å². The topological polar surface area (TPSA) is 85.8 Å². The minimum Gasteiger partial charge on any atom is -0.368 e. The number of hydrogen-bond acceptors (Lipinski definition) is 4. The van der Waals surface area contributed by atoms with E-state index in [4.69, 9.17) is 5.73 Å². The van der Waals surface area contributed by atoms with E-state index in [0.717, 1.165) is 24.5 Å². The van der Waals surface area contributed by atoms with Crippen molar-refractivity contribution in [3.05, 3.63) is 11.6 Å². The van der Waals surface area contributed by atoms with Crippen molar-refractivity contribution >= 4 is 5.91 Å². The molecule has 0 aliphatic heterocycles. The summed E-state index contributed by atoms with van der Waals surface area (Å²) < 4.78 is 1.93. The van der Waals surface area contributed by atoms with E-state index in [9.17, 15) is 4.79 Å². The third-order valence-corrected chi connectivity index (χ3v) is 3.61. The Morgan fingerprint density at radius 1 is 1.40 bits per heavy atom. The number of rotatable bonds is 8. The summed E-state index contributed by atoms with van der Waals surface area (Å²) >= 11 is 0. The van der Waals surface area contributed by atoms with Gasteiger partial charge < -0.3 is 11.1 Å². The Morgan fingerprint density at radius 2 is 2.05 bits per heavy atom. The molecule has 114 valence electrons. The Morgan fingerprint density at radius 3 is 2.50 bits per heavy atom. The van der Waals surface area contributed by atoms with Crippen LogP contribution in [0.2, 0.25) is 0 Å². The lowest BCUT2D eigenvalue weighted by Gasteiger charge is -2.30. The van der Waals surface area contributed by atoms with Crippen LogP contribution in [0.15, 0.2) is 0 Å². The van der Waals surface area contributed by atoms with Crippen LogP contribution >= 0.6 is 0 Å². The molecule has 1 heterocycles. The van der Waals surface area contributed by atoms with Crippen molar-refractivity contribution in [2.24, 2.45) is 5.73 Å². The van der Waals surface area contributed by atoms with Gasteiger partial charge in [0.05, 0.1) is 11.6 Å². The fourth-order valence-corrected chi connectivity index (χ4v) is 2.48. The number of primary amides is 1. The van der Waals surface area contributed by atoms with Crippen LogP contribution in [0.25, 0.3) is 0 Å². The van der Waals surface area contributed by atoms with E-state index in [1.165, 1.54) is 0 Å². The highest BCUT2D eigenvalue weighted by atomic mass is 16.1. The quantitative estimate of drug-likeness (QED) is 0.750. The van der Waals surface area contributed by atoms with Gasteiger partial charge in [0.25, 0.3) is 0 Å². The van der Waals surface area contributed by atoms with Crippen LogP contribution < -0.4 is 11.1 Å². The Hall–Kier alpha value is -1.43. The number of carbonyl (C=O) groups excluding carboxylic acids is 1. The van der Waals surface area contributed by atoms with Gasteiger partial charge in [-0.2, -0.15) is 5.10 Å². The Bertz CT molecular complexity index is 456. The second kappa shape index (κ2) is 6.83. The summed E-state index contributed by atoms with van der Waals surface area (Å²) in [6, 6.07) is 0.0642. The fraction of sp³-hybridized carbons (Fsp3) is 0.786. The number of amides is 1. The van der Waals surface area contributed by atoms with E-state index in [1.54, 1.807) is 0 Å². The van der Waals surface area contributed by atoms with Crippen molar-refractivity contribution in [3.8, 4) is 0 Å². The molecule has 20 heavy (non-hydrogen) atoms. The van der Waals surface area contributed by atoms with Gasteiger partial charge in [0, 0.05) is 12.8 Å². The first kappa shape index (κ1) is 16.6. The zero-order valence-corrected chi connectivity index (χ0v) is 13.2. The molecule has 0 radical (unpaired) electrons. The molecule has 0 saturated carbocycles. The summed E-state index contributed by atoms with van der Waals surface area (Å²) in [6.07, 6.45) is 2.23. The lowest BCUT2D eigenvalue weighted by atomic mass is 9.92. The lowest BCUT2D eigenvalue weighted by Crippen LogP contribution is -2.54. The van der Waals surface area contributed by atoms with Gasteiger partial charge in [-0.25, -0.2) is 9.67 Å². The smallest absolute Gasteiger partial charge is 0.237 e. The molecule has 6 heteroatoms. The van der Waals surface area contributed by atoms with Crippen molar-refractivity contribution < 1.29 is 4.79 Å². The summed E-state index contributed by atoms with van der Waals surface area (Å²) in [7, 11) is 0. The highest BCUT2D eigenvalue weighted by Crippen LogP contribution is 2.22. The highest BCUT2D eigenvalue weighted by molar-refractivity contribution is 5.84. The van der Waals surface area contributed by atoms with E-state index in [1.807, 2.05) is 32.4 Å². The summed E-state index contributed by atoms with van der Waals surface area (Å²) in [5, 5.41) is 7.71. The molecule has 2 atom stereocenters. The number of aromatic nitrogens is 3. The average Bonchev–Trinajstić information content (AvgIpc) is 2.82. The molecule has 0 aliphatic carbocycles. The predicted octanol–water partition coefficient (Wildman–Crippen LogP) is 1.21.